The molecule has 0 amide bonds. The summed E-state index contributed by atoms with van der Waals surface area (Å²) < 4.78 is 5.87. The highest BCUT2D eigenvalue weighted by atomic mass is 16.5. The average molecular weight is 255 g/mol. The minimum atomic E-state index is 0.549. The molecule has 0 fully saturated rings. The van der Waals surface area contributed by atoms with Gasteiger partial charge in [-0.2, -0.15) is 0 Å². The molecule has 0 heterocycles. The van der Waals surface area contributed by atoms with Gasteiger partial charge in [0, 0.05) is 6.54 Å². The zero-order chi connectivity index (χ0) is 13.7. The summed E-state index contributed by atoms with van der Waals surface area (Å²) in [4.78, 5) is 0. The molecular weight excluding hydrogens is 234 g/mol. The molecule has 0 aliphatic carbocycles. The third-order valence-electron chi connectivity index (χ3n) is 3.06. The van der Waals surface area contributed by atoms with Gasteiger partial charge in [-0.05, 0) is 48.4 Å². The molecule has 0 spiro atoms. The lowest BCUT2D eigenvalue weighted by Crippen LogP contribution is -2.04. The SMILES string of the molecule is CNCc1cccc(Oc2ccc(C(C)C)cc2)c1. The van der Waals surface area contributed by atoms with Gasteiger partial charge in [-0.25, -0.2) is 0 Å². The van der Waals surface area contributed by atoms with E-state index in [0.717, 1.165) is 18.0 Å². The average Bonchev–Trinajstić information content (AvgIpc) is 2.40. The van der Waals surface area contributed by atoms with Crippen molar-refractivity contribution in [2.75, 3.05) is 7.05 Å². The molecule has 0 aliphatic heterocycles. The topological polar surface area (TPSA) is 21.3 Å². The minimum Gasteiger partial charge on any atom is -0.457 e. The van der Waals surface area contributed by atoms with Crippen LogP contribution in [0.4, 0.5) is 0 Å². The Morgan fingerprint density at radius 1 is 1.00 bits per heavy atom. The smallest absolute Gasteiger partial charge is 0.127 e. The van der Waals surface area contributed by atoms with Crippen molar-refractivity contribution in [2.24, 2.45) is 0 Å². The Balaban J connectivity index is 2.10. The molecule has 0 bridgehead atoms. The fourth-order valence-electron chi connectivity index (χ4n) is 1.98. The van der Waals surface area contributed by atoms with Crippen molar-refractivity contribution < 1.29 is 4.74 Å². The zero-order valence-corrected chi connectivity index (χ0v) is 11.8. The summed E-state index contributed by atoms with van der Waals surface area (Å²) in [7, 11) is 1.94. The molecule has 1 N–H and O–H groups in total. The normalized spacial score (nSPS) is 10.7. The highest BCUT2D eigenvalue weighted by molar-refractivity contribution is 5.35. The van der Waals surface area contributed by atoms with Crippen LogP contribution in [-0.4, -0.2) is 7.05 Å². The van der Waals surface area contributed by atoms with Gasteiger partial charge in [0.05, 0.1) is 0 Å². The second-order valence-electron chi connectivity index (χ2n) is 5.00. The standard InChI is InChI=1S/C17H21NO/c1-13(2)15-7-9-16(10-8-15)19-17-6-4-5-14(11-17)12-18-3/h4-11,13,18H,12H2,1-3H3. The number of rotatable bonds is 5. The first-order chi connectivity index (χ1) is 9.19. The van der Waals surface area contributed by atoms with Crippen molar-refractivity contribution in [2.45, 2.75) is 26.3 Å². The second-order valence-corrected chi connectivity index (χ2v) is 5.00. The molecular formula is C17H21NO. The van der Waals surface area contributed by atoms with E-state index in [1.54, 1.807) is 0 Å². The third kappa shape index (κ3) is 3.83. The van der Waals surface area contributed by atoms with Crippen molar-refractivity contribution in [1.29, 1.82) is 0 Å². The molecule has 2 aromatic carbocycles. The Labute approximate surface area is 115 Å². The van der Waals surface area contributed by atoms with E-state index in [-0.39, 0.29) is 0 Å². The fourth-order valence-corrected chi connectivity index (χ4v) is 1.98. The first-order valence-corrected chi connectivity index (χ1v) is 6.70. The maximum absolute atomic E-state index is 5.87. The largest absolute Gasteiger partial charge is 0.457 e. The van der Waals surface area contributed by atoms with Crippen LogP contribution in [0, 0.1) is 0 Å². The Morgan fingerprint density at radius 3 is 2.37 bits per heavy atom. The maximum atomic E-state index is 5.87. The van der Waals surface area contributed by atoms with Gasteiger partial charge in [0.25, 0.3) is 0 Å². The quantitative estimate of drug-likeness (QED) is 0.859. The fraction of sp³-hybridized carbons (Fsp3) is 0.294. The zero-order valence-electron chi connectivity index (χ0n) is 11.8. The predicted molar refractivity (Wildman–Crippen MR) is 79.8 cm³/mol. The lowest BCUT2D eigenvalue weighted by Gasteiger charge is -2.09. The van der Waals surface area contributed by atoms with Crippen LogP contribution in [0.3, 0.4) is 0 Å². The van der Waals surface area contributed by atoms with Crippen molar-refractivity contribution in [3.8, 4) is 11.5 Å². The molecule has 2 aromatic rings. The van der Waals surface area contributed by atoms with Crippen LogP contribution in [0.1, 0.15) is 30.9 Å². The highest BCUT2D eigenvalue weighted by Gasteiger charge is 2.01. The molecule has 19 heavy (non-hydrogen) atoms. The Kier molecular flexibility index (Phi) is 4.58. The van der Waals surface area contributed by atoms with Crippen molar-refractivity contribution in [3.63, 3.8) is 0 Å². The van der Waals surface area contributed by atoms with E-state index >= 15 is 0 Å². The minimum absolute atomic E-state index is 0.549. The van der Waals surface area contributed by atoms with E-state index in [4.69, 9.17) is 4.74 Å². The van der Waals surface area contributed by atoms with Crippen LogP contribution >= 0.6 is 0 Å². The van der Waals surface area contributed by atoms with Crippen LogP contribution < -0.4 is 10.1 Å². The van der Waals surface area contributed by atoms with Gasteiger partial charge in [-0.1, -0.05) is 38.1 Å². The molecule has 100 valence electrons. The van der Waals surface area contributed by atoms with Crippen LogP contribution in [0.25, 0.3) is 0 Å². The summed E-state index contributed by atoms with van der Waals surface area (Å²) in [5, 5.41) is 3.14. The van der Waals surface area contributed by atoms with Gasteiger partial charge in [0.2, 0.25) is 0 Å². The van der Waals surface area contributed by atoms with Crippen molar-refractivity contribution >= 4 is 0 Å². The molecule has 0 saturated carbocycles. The van der Waals surface area contributed by atoms with Crippen LogP contribution in [-0.2, 0) is 6.54 Å². The van der Waals surface area contributed by atoms with Gasteiger partial charge in [0.1, 0.15) is 11.5 Å². The van der Waals surface area contributed by atoms with Gasteiger partial charge < -0.3 is 10.1 Å². The Bertz CT molecular complexity index is 517. The van der Waals surface area contributed by atoms with Crippen molar-refractivity contribution in [1.82, 2.24) is 5.32 Å². The molecule has 0 aromatic heterocycles. The summed E-state index contributed by atoms with van der Waals surface area (Å²) in [6.07, 6.45) is 0. The van der Waals surface area contributed by atoms with E-state index in [0.29, 0.717) is 5.92 Å². The van der Waals surface area contributed by atoms with Gasteiger partial charge in [-0.3, -0.25) is 0 Å². The summed E-state index contributed by atoms with van der Waals surface area (Å²) >= 11 is 0. The molecule has 2 heteroatoms. The van der Waals surface area contributed by atoms with Crippen molar-refractivity contribution in [3.05, 3.63) is 59.7 Å². The number of ether oxygens (including phenoxy) is 1. The van der Waals surface area contributed by atoms with Crippen LogP contribution in [0.5, 0.6) is 11.5 Å². The molecule has 2 rings (SSSR count). The molecule has 0 atom stereocenters. The van der Waals surface area contributed by atoms with E-state index in [9.17, 15) is 0 Å². The van der Waals surface area contributed by atoms with Crippen LogP contribution in [0.2, 0.25) is 0 Å². The van der Waals surface area contributed by atoms with E-state index in [1.807, 2.05) is 31.3 Å². The number of benzene rings is 2. The molecule has 0 aliphatic rings. The first kappa shape index (κ1) is 13.6. The van der Waals surface area contributed by atoms with Crippen LogP contribution in [0.15, 0.2) is 48.5 Å². The molecule has 2 nitrogen and oxygen atoms in total. The lowest BCUT2D eigenvalue weighted by molar-refractivity contribution is 0.481. The summed E-state index contributed by atoms with van der Waals surface area (Å²) in [5.41, 5.74) is 2.55. The molecule has 0 radical (unpaired) electrons. The lowest BCUT2D eigenvalue weighted by atomic mass is 10.0. The Morgan fingerprint density at radius 2 is 1.74 bits per heavy atom. The monoisotopic (exact) mass is 255 g/mol. The summed E-state index contributed by atoms with van der Waals surface area (Å²) in [6, 6.07) is 16.5. The van der Waals surface area contributed by atoms with E-state index in [1.165, 1.54) is 11.1 Å². The van der Waals surface area contributed by atoms with E-state index < -0.39 is 0 Å². The maximum Gasteiger partial charge on any atom is 0.127 e. The molecule has 0 saturated heterocycles. The van der Waals surface area contributed by atoms with Gasteiger partial charge >= 0.3 is 0 Å². The first-order valence-electron chi connectivity index (χ1n) is 6.70. The number of hydrogen-bond donors (Lipinski definition) is 1. The third-order valence-corrected chi connectivity index (χ3v) is 3.06. The van der Waals surface area contributed by atoms with Gasteiger partial charge in [0.15, 0.2) is 0 Å². The number of hydrogen-bond acceptors (Lipinski definition) is 2. The van der Waals surface area contributed by atoms with Gasteiger partial charge in [-0.15, -0.1) is 0 Å². The predicted octanol–water partition coefficient (Wildman–Crippen LogP) is 4.32. The second kappa shape index (κ2) is 6.39. The Hall–Kier alpha value is -1.80. The molecule has 0 unspecified atom stereocenters. The highest BCUT2D eigenvalue weighted by Crippen LogP contribution is 2.24. The summed E-state index contributed by atoms with van der Waals surface area (Å²) in [6.45, 7) is 5.23. The number of nitrogens with one attached hydrogen (secondary N) is 1. The van der Waals surface area contributed by atoms with E-state index in [2.05, 4.69) is 43.4 Å². The summed E-state index contributed by atoms with van der Waals surface area (Å²) in [5.74, 6) is 2.31.